The lowest BCUT2D eigenvalue weighted by Crippen LogP contribution is -2.29. The van der Waals surface area contributed by atoms with Crippen molar-refractivity contribution >= 4 is 5.97 Å². The maximum atomic E-state index is 12.4. The van der Waals surface area contributed by atoms with Gasteiger partial charge in [0.1, 0.15) is 30.5 Å². The van der Waals surface area contributed by atoms with Crippen LogP contribution in [-0.2, 0) is 10.2 Å². The lowest BCUT2D eigenvalue weighted by molar-refractivity contribution is -0.129. The molecule has 0 saturated heterocycles. The van der Waals surface area contributed by atoms with Crippen molar-refractivity contribution in [1.29, 1.82) is 0 Å². The Kier molecular flexibility index (Phi) is 7.26. The zero-order chi connectivity index (χ0) is 26.5. The molecule has 192 valence electrons. The molecule has 1 aliphatic carbocycles. The minimum Gasteiger partial charge on any atom is -0.491 e. The fourth-order valence-electron chi connectivity index (χ4n) is 5.25. The van der Waals surface area contributed by atoms with Gasteiger partial charge in [-0.15, -0.1) is 0 Å². The summed E-state index contributed by atoms with van der Waals surface area (Å²) in [4.78, 5) is 12.4. The Morgan fingerprint density at radius 2 is 1.29 bits per heavy atom. The van der Waals surface area contributed by atoms with Crippen molar-refractivity contribution < 1.29 is 29.2 Å². The van der Waals surface area contributed by atoms with E-state index in [1.54, 1.807) is 6.07 Å². The van der Waals surface area contributed by atoms with Gasteiger partial charge in [-0.05, 0) is 58.1 Å². The SMILES string of the molecule is C=CC(=O)Oc1cccc2c1C(c1ccc(OCCO)cc1)(c1ccc(OCCO)cc1)c1ccccc1-2. The Balaban J connectivity index is 1.79. The van der Waals surface area contributed by atoms with Gasteiger partial charge in [0.2, 0.25) is 0 Å². The average molecular weight is 509 g/mol. The first-order valence-electron chi connectivity index (χ1n) is 12.4. The van der Waals surface area contributed by atoms with Crippen molar-refractivity contribution in [3.63, 3.8) is 0 Å². The van der Waals surface area contributed by atoms with E-state index in [4.69, 9.17) is 24.4 Å². The van der Waals surface area contributed by atoms with Crippen LogP contribution in [-0.4, -0.2) is 42.6 Å². The van der Waals surface area contributed by atoms with Crippen molar-refractivity contribution in [3.05, 3.63) is 126 Å². The summed E-state index contributed by atoms with van der Waals surface area (Å²) < 4.78 is 17.1. The van der Waals surface area contributed by atoms with Crippen LogP contribution >= 0.6 is 0 Å². The number of fused-ring (bicyclic) bond motifs is 3. The Hall–Kier alpha value is -4.39. The van der Waals surface area contributed by atoms with E-state index < -0.39 is 11.4 Å². The highest BCUT2D eigenvalue weighted by molar-refractivity contribution is 5.90. The summed E-state index contributed by atoms with van der Waals surface area (Å²) in [5.41, 5.74) is 4.98. The largest absolute Gasteiger partial charge is 0.491 e. The zero-order valence-corrected chi connectivity index (χ0v) is 20.8. The van der Waals surface area contributed by atoms with Crippen LogP contribution in [0.3, 0.4) is 0 Å². The van der Waals surface area contributed by atoms with E-state index in [0.29, 0.717) is 17.2 Å². The molecule has 1 aliphatic rings. The Morgan fingerprint density at radius 1 is 0.737 bits per heavy atom. The highest BCUT2D eigenvalue weighted by Crippen LogP contribution is 2.59. The molecular weight excluding hydrogens is 480 g/mol. The third-order valence-electron chi connectivity index (χ3n) is 6.69. The predicted octanol–water partition coefficient (Wildman–Crippen LogP) is 4.88. The van der Waals surface area contributed by atoms with Gasteiger partial charge in [-0.1, -0.05) is 67.2 Å². The van der Waals surface area contributed by atoms with Crippen LogP contribution in [0, 0.1) is 0 Å². The van der Waals surface area contributed by atoms with Gasteiger partial charge in [0.25, 0.3) is 0 Å². The summed E-state index contributed by atoms with van der Waals surface area (Å²) >= 11 is 0. The molecule has 0 spiro atoms. The third kappa shape index (κ3) is 4.34. The first-order valence-corrected chi connectivity index (χ1v) is 12.4. The molecule has 0 heterocycles. The van der Waals surface area contributed by atoms with E-state index in [-0.39, 0.29) is 26.4 Å². The number of benzene rings is 4. The summed E-state index contributed by atoms with van der Waals surface area (Å²) in [6.45, 7) is 3.83. The van der Waals surface area contributed by atoms with Crippen LogP contribution in [0.1, 0.15) is 22.3 Å². The van der Waals surface area contributed by atoms with Crippen molar-refractivity contribution in [2.24, 2.45) is 0 Å². The van der Waals surface area contributed by atoms with Gasteiger partial charge in [0.15, 0.2) is 0 Å². The van der Waals surface area contributed by atoms with E-state index in [1.165, 1.54) is 0 Å². The molecule has 5 rings (SSSR count). The van der Waals surface area contributed by atoms with Crippen molar-refractivity contribution in [2.45, 2.75) is 5.41 Å². The van der Waals surface area contributed by atoms with E-state index in [0.717, 1.165) is 39.5 Å². The Morgan fingerprint density at radius 3 is 1.84 bits per heavy atom. The molecular formula is C32H28O6. The van der Waals surface area contributed by atoms with Gasteiger partial charge in [-0.25, -0.2) is 4.79 Å². The molecule has 4 aromatic carbocycles. The monoisotopic (exact) mass is 508 g/mol. The highest BCUT2D eigenvalue weighted by Gasteiger charge is 2.48. The summed E-state index contributed by atoms with van der Waals surface area (Å²) in [7, 11) is 0. The molecule has 0 fully saturated rings. The van der Waals surface area contributed by atoms with E-state index >= 15 is 0 Å². The molecule has 0 bridgehead atoms. The second kappa shape index (κ2) is 10.9. The topological polar surface area (TPSA) is 85.2 Å². The second-order valence-corrected chi connectivity index (χ2v) is 8.79. The van der Waals surface area contributed by atoms with Crippen LogP contribution in [0.25, 0.3) is 11.1 Å². The zero-order valence-electron chi connectivity index (χ0n) is 20.8. The van der Waals surface area contributed by atoms with Crippen LogP contribution in [0.5, 0.6) is 17.2 Å². The third-order valence-corrected chi connectivity index (χ3v) is 6.69. The van der Waals surface area contributed by atoms with Crippen LogP contribution in [0.2, 0.25) is 0 Å². The lowest BCUT2D eigenvalue weighted by Gasteiger charge is -2.34. The van der Waals surface area contributed by atoms with Crippen LogP contribution in [0.15, 0.2) is 104 Å². The van der Waals surface area contributed by atoms with Gasteiger partial charge in [0.05, 0.1) is 18.6 Å². The number of hydrogen-bond acceptors (Lipinski definition) is 6. The smallest absolute Gasteiger partial charge is 0.335 e. The van der Waals surface area contributed by atoms with E-state index in [1.807, 2.05) is 72.8 Å². The number of rotatable bonds is 10. The van der Waals surface area contributed by atoms with Gasteiger partial charge in [-0.3, -0.25) is 0 Å². The first-order chi connectivity index (χ1) is 18.6. The molecule has 0 amide bonds. The second-order valence-electron chi connectivity index (χ2n) is 8.79. The maximum absolute atomic E-state index is 12.4. The normalized spacial score (nSPS) is 12.8. The summed E-state index contributed by atoms with van der Waals surface area (Å²) in [5, 5.41) is 18.3. The fourth-order valence-corrected chi connectivity index (χ4v) is 5.25. The number of ether oxygens (including phenoxy) is 3. The average Bonchev–Trinajstić information content (AvgIpc) is 3.27. The number of aliphatic hydroxyl groups is 2. The maximum Gasteiger partial charge on any atom is 0.335 e. The number of aliphatic hydroxyl groups excluding tert-OH is 2. The minimum absolute atomic E-state index is 0.0742. The standard InChI is InChI=1S/C32H28O6/c1-2-30(35)38-29-9-5-7-27-26-6-3-4-8-28(26)32(31(27)29,22-10-14-24(15-11-22)36-20-18-33)23-12-16-25(17-13-23)37-21-19-34/h2-17,33-34H,1,18-21H2. The molecule has 0 radical (unpaired) electrons. The van der Waals surface area contributed by atoms with Gasteiger partial charge < -0.3 is 24.4 Å². The molecule has 38 heavy (non-hydrogen) atoms. The minimum atomic E-state index is -0.824. The number of hydrogen-bond donors (Lipinski definition) is 2. The molecule has 2 N–H and O–H groups in total. The van der Waals surface area contributed by atoms with Crippen LogP contribution in [0.4, 0.5) is 0 Å². The van der Waals surface area contributed by atoms with Crippen molar-refractivity contribution in [1.82, 2.24) is 0 Å². The summed E-state index contributed by atoms with van der Waals surface area (Å²) in [5.74, 6) is 1.20. The van der Waals surface area contributed by atoms with Gasteiger partial charge in [-0.2, -0.15) is 0 Å². The predicted molar refractivity (Wildman–Crippen MR) is 145 cm³/mol. The van der Waals surface area contributed by atoms with Crippen molar-refractivity contribution in [2.75, 3.05) is 26.4 Å². The lowest BCUT2D eigenvalue weighted by atomic mass is 9.67. The number of carbonyl (C=O) groups is 1. The summed E-state index contributed by atoms with van der Waals surface area (Å²) in [6.07, 6.45) is 1.16. The molecule has 0 aliphatic heterocycles. The Bertz CT molecular complexity index is 1390. The number of esters is 1. The van der Waals surface area contributed by atoms with Crippen molar-refractivity contribution in [3.8, 4) is 28.4 Å². The van der Waals surface area contributed by atoms with E-state index in [2.05, 4.69) is 18.7 Å². The molecule has 0 unspecified atom stereocenters. The molecule has 0 saturated carbocycles. The molecule has 0 aromatic heterocycles. The molecule has 0 atom stereocenters. The highest BCUT2D eigenvalue weighted by atomic mass is 16.5. The Labute approximate surface area is 221 Å². The number of carbonyl (C=O) groups excluding carboxylic acids is 1. The molecule has 6 heteroatoms. The quantitative estimate of drug-likeness (QED) is 0.159. The van der Waals surface area contributed by atoms with Gasteiger partial charge >= 0.3 is 5.97 Å². The summed E-state index contributed by atoms with van der Waals surface area (Å²) in [6, 6.07) is 29.4. The molecule has 4 aromatic rings. The van der Waals surface area contributed by atoms with E-state index in [9.17, 15) is 4.79 Å². The molecule has 6 nitrogen and oxygen atoms in total. The fraction of sp³-hybridized carbons (Fsp3) is 0.156. The van der Waals surface area contributed by atoms with Crippen LogP contribution < -0.4 is 14.2 Å². The first kappa shape index (κ1) is 25.3. The van der Waals surface area contributed by atoms with Gasteiger partial charge in [0, 0.05) is 11.6 Å².